The highest BCUT2D eigenvalue weighted by atomic mass is 32.2. The van der Waals surface area contributed by atoms with E-state index in [1.54, 1.807) is 24.3 Å². The molecule has 5 heteroatoms. The first-order chi connectivity index (χ1) is 10.4. The Labute approximate surface area is 132 Å². The molecule has 0 bridgehead atoms. The Kier molecular flexibility index (Phi) is 4.21. The van der Waals surface area contributed by atoms with E-state index in [1.807, 2.05) is 13.8 Å². The van der Waals surface area contributed by atoms with Crippen molar-refractivity contribution >= 4 is 9.84 Å². The predicted octanol–water partition coefficient (Wildman–Crippen LogP) is 3.35. The predicted molar refractivity (Wildman–Crippen MR) is 84.9 cm³/mol. The number of rotatable bonds is 5. The van der Waals surface area contributed by atoms with Crippen LogP contribution in [0.3, 0.4) is 0 Å². The van der Waals surface area contributed by atoms with E-state index in [1.165, 1.54) is 0 Å². The Morgan fingerprint density at radius 1 is 1.09 bits per heavy atom. The van der Waals surface area contributed by atoms with E-state index in [0.29, 0.717) is 10.6 Å². The maximum absolute atomic E-state index is 12.6. The van der Waals surface area contributed by atoms with Gasteiger partial charge in [0.1, 0.15) is 17.5 Å². The van der Waals surface area contributed by atoms with E-state index in [-0.39, 0.29) is 17.0 Å². The van der Waals surface area contributed by atoms with E-state index in [2.05, 4.69) is 0 Å². The third kappa shape index (κ3) is 3.30. The standard InChI is InChI=1S/C17H24O4S/c1-17(2,16-12-20-16)21-13-8-10-15(11-9-13)22(18,19)14-6-4-3-5-7-14/h8-11,14,16H,3-7,12H2,1-2H3. The van der Waals surface area contributed by atoms with Crippen molar-refractivity contribution in [3.05, 3.63) is 24.3 Å². The minimum Gasteiger partial charge on any atom is -0.485 e. The lowest BCUT2D eigenvalue weighted by Gasteiger charge is -2.25. The molecular weight excluding hydrogens is 300 g/mol. The summed E-state index contributed by atoms with van der Waals surface area (Å²) in [5.41, 5.74) is -0.385. The second kappa shape index (κ2) is 5.85. The number of hydrogen-bond acceptors (Lipinski definition) is 4. The topological polar surface area (TPSA) is 55.9 Å². The van der Waals surface area contributed by atoms with E-state index >= 15 is 0 Å². The second-order valence-electron chi connectivity index (χ2n) is 6.80. The molecule has 2 aliphatic rings. The van der Waals surface area contributed by atoms with Gasteiger partial charge < -0.3 is 9.47 Å². The van der Waals surface area contributed by atoms with Gasteiger partial charge in [-0.3, -0.25) is 0 Å². The van der Waals surface area contributed by atoms with Gasteiger partial charge in [-0.2, -0.15) is 0 Å². The fraction of sp³-hybridized carbons (Fsp3) is 0.647. The van der Waals surface area contributed by atoms with Crippen molar-refractivity contribution in [2.45, 2.75) is 67.8 Å². The Bertz CT molecular complexity index is 609. The first-order valence-electron chi connectivity index (χ1n) is 8.04. The van der Waals surface area contributed by atoms with Crippen LogP contribution in [0.15, 0.2) is 29.2 Å². The summed E-state index contributed by atoms with van der Waals surface area (Å²) in [6, 6.07) is 6.84. The van der Waals surface area contributed by atoms with E-state index in [0.717, 1.165) is 38.7 Å². The molecule has 1 aliphatic carbocycles. The lowest BCUT2D eigenvalue weighted by Crippen LogP contribution is -2.34. The van der Waals surface area contributed by atoms with Crippen molar-refractivity contribution in [2.24, 2.45) is 0 Å². The molecule has 1 unspecified atom stereocenters. The number of benzene rings is 1. The molecule has 1 saturated heterocycles. The molecular formula is C17H24O4S. The van der Waals surface area contributed by atoms with Crippen LogP contribution in [0.2, 0.25) is 0 Å². The molecule has 1 atom stereocenters. The summed E-state index contributed by atoms with van der Waals surface area (Å²) in [7, 11) is -3.21. The Balaban J connectivity index is 1.73. The van der Waals surface area contributed by atoms with Crippen molar-refractivity contribution in [1.29, 1.82) is 0 Å². The minimum absolute atomic E-state index is 0.123. The molecule has 0 N–H and O–H groups in total. The van der Waals surface area contributed by atoms with Crippen LogP contribution in [-0.2, 0) is 14.6 Å². The monoisotopic (exact) mass is 324 g/mol. The smallest absolute Gasteiger partial charge is 0.181 e. The van der Waals surface area contributed by atoms with Gasteiger partial charge in [0.05, 0.1) is 16.8 Å². The van der Waals surface area contributed by atoms with Gasteiger partial charge in [0.25, 0.3) is 0 Å². The Hall–Kier alpha value is -1.07. The molecule has 1 saturated carbocycles. The molecule has 1 heterocycles. The minimum atomic E-state index is -3.21. The first-order valence-corrected chi connectivity index (χ1v) is 9.59. The lowest BCUT2D eigenvalue weighted by molar-refractivity contribution is 0.0743. The summed E-state index contributed by atoms with van der Waals surface area (Å²) >= 11 is 0. The largest absolute Gasteiger partial charge is 0.485 e. The van der Waals surface area contributed by atoms with Crippen LogP contribution < -0.4 is 4.74 Å². The average Bonchev–Trinajstić information content (AvgIpc) is 3.33. The molecule has 0 spiro atoms. The molecule has 1 aromatic carbocycles. The van der Waals surface area contributed by atoms with Crippen molar-refractivity contribution in [2.75, 3.05) is 6.61 Å². The van der Waals surface area contributed by atoms with Crippen LogP contribution in [0.4, 0.5) is 0 Å². The second-order valence-corrected chi connectivity index (χ2v) is 9.03. The maximum Gasteiger partial charge on any atom is 0.181 e. The Morgan fingerprint density at radius 3 is 2.23 bits per heavy atom. The first kappa shape index (κ1) is 15.8. The van der Waals surface area contributed by atoms with Crippen molar-refractivity contribution in [3.63, 3.8) is 0 Å². The summed E-state index contributed by atoms with van der Waals surface area (Å²) in [6.45, 7) is 4.69. The summed E-state index contributed by atoms with van der Waals surface area (Å²) in [4.78, 5) is 0.409. The lowest BCUT2D eigenvalue weighted by atomic mass is 10.0. The van der Waals surface area contributed by atoms with E-state index in [4.69, 9.17) is 9.47 Å². The highest BCUT2D eigenvalue weighted by Gasteiger charge is 2.41. The fourth-order valence-corrected chi connectivity index (χ4v) is 4.94. The molecule has 0 radical (unpaired) electrons. The third-order valence-electron chi connectivity index (χ3n) is 4.63. The summed E-state index contributed by atoms with van der Waals surface area (Å²) in [5, 5.41) is -0.218. The van der Waals surface area contributed by atoms with Gasteiger partial charge >= 0.3 is 0 Å². The van der Waals surface area contributed by atoms with Gasteiger partial charge in [-0.1, -0.05) is 19.3 Å². The van der Waals surface area contributed by atoms with E-state index < -0.39 is 9.84 Å². The zero-order valence-electron chi connectivity index (χ0n) is 13.2. The highest BCUT2D eigenvalue weighted by Crippen LogP contribution is 2.32. The molecule has 4 nitrogen and oxygen atoms in total. The molecule has 122 valence electrons. The molecule has 3 rings (SSSR count). The quantitative estimate of drug-likeness (QED) is 0.779. The molecule has 0 aromatic heterocycles. The summed E-state index contributed by atoms with van der Waals surface area (Å²) in [5.74, 6) is 0.683. The maximum atomic E-state index is 12.6. The molecule has 1 aromatic rings. The normalized spacial score (nSPS) is 23.3. The number of epoxide rings is 1. The third-order valence-corrected chi connectivity index (χ3v) is 6.91. The number of ether oxygens (including phenoxy) is 2. The average molecular weight is 324 g/mol. The fourth-order valence-electron chi connectivity index (χ4n) is 3.08. The van der Waals surface area contributed by atoms with Crippen LogP contribution in [-0.4, -0.2) is 32.0 Å². The molecule has 2 fully saturated rings. The van der Waals surface area contributed by atoms with Gasteiger partial charge in [0.15, 0.2) is 9.84 Å². The van der Waals surface area contributed by atoms with Crippen LogP contribution in [0.25, 0.3) is 0 Å². The summed E-state index contributed by atoms with van der Waals surface area (Å²) in [6.07, 6.45) is 4.87. The SMILES string of the molecule is CC(C)(Oc1ccc(S(=O)(=O)C2CCCCC2)cc1)C1CO1. The van der Waals surface area contributed by atoms with Crippen molar-refractivity contribution < 1.29 is 17.9 Å². The van der Waals surface area contributed by atoms with Crippen LogP contribution in [0, 0.1) is 0 Å². The van der Waals surface area contributed by atoms with Gasteiger partial charge in [-0.25, -0.2) is 8.42 Å². The van der Waals surface area contributed by atoms with Gasteiger partial charge in [-0.15, -0.1) is 0 Å². The Morgan fingerprint density at radius 2 is 1.68 bits per heavy atom. The number of sulfone groups is 1. The molecule has 22 heavy (non-hydrogen) atoms. The molecule has 1 aliphatic heterocycles. The van der Waals surface area contributed by atoms with Gasteiger partial charge in [0, 0.05) is 0 Å². The molecule has 0 amide bonds. The van der Waals surface area contributed by atoms with Crippen LogP contribution in [0.5, 0.6) is 5.75 Å². The van der Waals surface area contributed by atoms with Gasteiger partial charge in [0.2, 0.25) is 0 Å². The summed E-state index contributed by atoms with van der Waals surface area (Å²) < 4.78 is 36.5. The van der Waals surface area contributed by atoms with Crippen molar-refractivity contribution in [3.8, 4) is 5.75 Å². The van der Waals surface area contributed by atoms with Crippen LogP contribution in [0.1, 0.15) is 46.0 Å². The van der Waals surface area contributed by atoms with Crippen LogP contribution >= 0.6 is 0 Å². The van der Waals surface area contributed by atoms with Gasteiger partial charge in [-0.05, 0) is 51.0 Å². The zero-order valence-corrected chi connectivity index (χ0v) is 14.1. The number of hydrogen-bond donors (Lipinski definition) is 0. The van der Waals surface area contributed by atoms with Crippen molar-refractivity contribution in [1.82, 2.24) is 0 Å². The highest BCUT2D eigenvalue weighted by molar-refractivity contribution is 7.92. The zero-order chi connectivity index (χ0) is 15.8. The van der Waals surface area contributed by atoms with E-state index in [9.17, 15) is 8.42 Å².